The number of aromatic nitrogens is 1. The van der Waals surface area contributed by atoms with E-state index in [2.05, 4.69) is 39.6 Å². The second-order valence-corrected chi connectivity index (χ2v) is 7.83. The molecular weight excluding hydrogens is 300 g/mol. The first-order valence-corrected chi connectivity index (χ1v) is 9.35. The first-order valence-electron chi connectivity index (χ1n) is 9.35. The lowest BCUT2D eigenvalue weighted by atomic mass is 9.91. The van der Waals surface area contributed by atoms with E-state index in [-0.39, 0.29) is 5.92 Å². The summed E-state index contributed by atoms with van der Waals surface area (Å²) in [6.45, 7) is 6.16. The standard InChI is InChI=1S/C19H28N4O/c1-14-2-3-17(21-13-14)23-10-4-15(5-11-23)22-18(24)16-12-19(16)6-8-20-9-7-19/h2-3,13,15-16,20H,4-12H2,1H3,(H,22,24). The summed E-state index contributed by atoms with van der Waals surface area (Å²) < 4.78 is 0. The van der Waals surface area contributed by atoms with Gasteiger partial charge in [-0.15, -0.1) is 0 Å². The number of hydrogen-bond donors (Lipinski definition) is 2. The van der Waals surface area contributed by atoms with E-state index in [1.165, 1.54) is 18.4 Å². The molecule has 5 heteroatoms. The Morgan fingerprint density at radius 1 is 1.29 bits per heavy atom. The number of hydrogen-bond acceptors (Lipinski definition) is 4. The minimum Gasteiger partial charge on any atom is -0.356 e. The summed E-state index contributed by atoms with van der Waals surface area (Å²) >= 11 is 0. The van der Waals surface area contributed by atoms with E-state index in [9.17, 15) is 4.79 Å². The molecule has 1 aliphatic carbocycles. The maximum atomic E-state index is 12.6. The van der Waals surface area contributed by atoms with Crippen molar-refractivity contribution >= 4 is 11.7 Å². The van der Waals surface area contributed by atoms with Crippen molar-refractivity contribution in [2.24, 2.45) is 11.3 Å². The lowest BCUT2D eigenvalue weighted by molar-refractivity contribution is -0.124. The summed E-state index contributed by atoms with van der Waals surface area (Å²) in [6, 6.07) is 4.54. The Balaban J connectivity index is 1.26. The van der Waals surface area contributed by atoms with Gasteiger partial charge in [0.15, 0.2) is 0 Å². The van der Waals surface area contributed by atoms with Crippen LogP contribution in [0.3, 0.4) is 0 Å². The second kappa shape index (κ2) is 6.36. The third-order valence-electron chi connectivity index (χ3n) is 6.17. The van der Waals surface area contributed by atoms with Crippen molar-refractivity contribution in [3.8, 4) is 0 Å². The van der Waals surface area contributed by atoms with Gasteiger partial charge in [0.25, 0.3) is 0 Å². The highest BCUT2D eigenvalue weighted by Gasteiger charge is 2.57. The average Bonchev–Trinajstić information content (AvgIpc) is 3.30. The molecular formula is C19H28N4O. The van der Waals surface area contributed by atoms with Crippen molar-refractivity contribution in [2.75, 3.05) is 31.1 Å². The van der Waals surface area contributed by atoms with Crippen molar-refractivity contribution < 1.29 is 4.79 Å². The Labute approximate surface area is 144 Å². The van der Waals surface area contributed by atoms with Crippen LogP contribution in [-0.4, -0.2) is 43.1 Å². The largest absolute Gasteiger partial charge is 0.356 e. The first kappa shape index (κ1) is 15.9. The molecule has 2 N–H and O–H groups in total. The smallest absolute Gasteiger partial charge is 0.223 e. The van der Waals surface area contributed by atoms with Crippen LogP contribution in [0.15, 0.2) is 18.3 Å². The highest BCUT2D eigenvalue weighted by molar-refractivity contribution is 5.83. The highest BCUT2D eigenvalue weighted by atomic mass is 16.2. The van der Waals surface area contributed by atoms with Gasteiger partial charge in [0.05, 0.1) is 0 Å². The number of carbonyl (C=O) groups is 1. The van der Waals surface area contributed by atoms with Crippen LogP contribution < -0.4 is 15.5 Å². The molecule has 130 valence electrons. The first-order chi connectivity index (χ1) is 11.7. The summed E-state index contributed by atoms with van der Waals surface area (Å²) in [7, 11) is 0. The minimum atomic E-state index is 0.274. The van der Waals surface area contributed by atoms with Crippen LogP contribution in [0.2, 0.25) is 0 Å². The number of aryl methyl sites for hydroxylation is 1. The van der Waals surface area contributed by atoms with Crippen molar-refractivity contribution in [1.82, 2.24) is 15.6 Å². The lowest BCUT2D eigenvalue weighted by Gasteiger charge is -2.33. The lowest BCUT2D eigenvalue weighted by Crippen LogP contribution is -2.46. The van der Waals surface area contributed by atoms with E-state index >= 15 is 0 Å². The van der Waals surface area contributed by atoms with Crippen LogP contribution in [-0.2, 0) is 4.79 Å². The Kier molecular flexibility index (Phi) is 4.21. The maximum Gasteiger partial charge on any atom is 0.223 e. The van der Waals surface area contributed by atoms with Gasteiger partial charge < -0.3 is 15.5 Å². The van der Waals surface area contributed by atoms with Crippen LogP contribution >= 0.6 is 0 Å². The van der Waals surface area contributed by atoms with E-state index in [1.807, 2.05) is 6.20 Å². The summed E-state index contributed by atoms with van der Waals surface area (Å²) in [5.41, 5.74) is 1.53. The molecule has 1 saturated carbocycles. The third kappa shape index (κ3) is 3.14. The van der Waals surface area contributed by atoms with Gasteiger partial charge >= 0.3 is 0 Å². The molecule has 5 nitrogen and oxygen atoms in total. The van der Waals surface area contributed by atoms with Crippen molar-refractivity contribution in [1.29, 1.82) is 0 Å². The zero-order chi connectivity index (χ0) is 16.6. The summed E-state index contributed by atoms with van der Waals surface area (Å²) in [4.78, 5) is 19.4. The molecule has 3 heterocycles. The number of nitrogens with zero attached hydrogens (tertiary/aromatic N) is 2. The van der Waals surface area contributed by atoms with Crippen LogP contribution in [0.5, 0.6) is 0 Å². The van der Waals surface area contributed by atoms with Crippen LogP contribution in [0.4, 0.5) is 5.82 Å². The van der Waals surface area contributed by atoms with E-state index < -0.39 is 0 Å². The number of anilines is 1. The molecule has 1 aromatic rings. The fraction of sp³-hybridized carbons (Fsp3) is 0.684. The Morgan fingerprint density at radius 2 is 2.04 bits per heavy atom. The van der Waals surface area contributed by atoms with Crippen molar-refractivity contribution in [3.63, 3.8) is 0 Å². The minimum absolute atomic E-state index is 0.274. The molecule has 24 heavy (non-hydrogen) atoms. The molecule has 0 aromatic carbocycles. The number of carbonyl (C=O) groups excluding carboxylic acids is 1. The van der Waals surface area contributed by atoms with E-state index in [1.54, 1.807) is 0 Å². The number of amides is 1. The van der Waals surface area contributed by atoms with Crippen molar-refractivity contribution in [3.05, 3.63) is 23.9 Å². The van der Waals surface area contributed by atoms with Gasteiger partial charge in [-0.2, -0.15) is 0 Å². The normalized spacial score (nSPS) is 26.4. The zero-order valence-electron chi connectivity index (χ0n) is 14.6. The van der Waals surface area contributed by atoms with E-state index in [4.69, 9.17) is 0 Å². The van der Waals surface area contributed by atoms with Crippen LogP contribution in [0.1, 0.15) is 37.7 Å². The quantitative estimate of drug-likeness (QED) is 0.889. The van der Waals surface area contributed by atoms with E-state index in [0.717, 1.165) is 51.3 Å². The number of rotatable bonds is 3. The molecule has 1 aromatic heterocycles. The zero-order valence-corrected chi connectivity index (χ0v) is 14.6. The number of pyridine rings is 1. The molecule has 4 rings (SSSR count). The maximum absolute atomic E-state index is 12.6. The van der Waals surface area contributed by atoms with Gasteiger partial charge in [0, 0.05) is 31.2 Å². The van der Waals surface area contributed by atoms with Gasteiger partial charge in [0.2, 0.25) is 5.91 Å². The molecule has 2 saturated heterocycles. The molecule has 1 spiro atoms. The summed E-state index contributed by atoms with van der Waals surface area (Å²) in [6.07, 6.45) is 7.40. The highest BCUT2D eigenvalue weighted by Crippen LogP contribution is 2.58. The average molecular weight is 328 g/mol. The molecule has 1 amide bonds. The van der Waals surface area contributed by atoms with Crippen LogP contribution in [0.25, 0.3) is 0 Å². The SMILES string of the molecule is Cc1ccc(N2CCC(NC(=O)C3CC34CCNCC4)CC2)nc1. The molecule has 3 aliphatic rings. The second-order valence-electron chi connectivity index (χ2n) is 7.83. The van der Waals surface area contributed by atoms with Gasteiger partial charge in [-0.25, -0.2) is 4.98 Å². The van der Waals surface area contributed by atoms with Crippen molar-refractivity contribution in [2.45, 2.75) is 45.1 Å². The fourth-order valence-corrected chi connectivity index (χ4v) is 4.40. The molecule has 1 unspecified atom stereocenters. The van der Waals surface area contributed by atoms with Gasteiger partial charge in [-0.3, -0.25) is 4.79 Å². The van der Waals surface area contributed by atoms with Gasteiger partial charge in [-0.05, 0) is 69.2 Å². The molecule has 2 aliphatic heterocycles. The molecule has 3 fully saturated rings. The van der Waals surface area contributed by atoms with Crippen LogP contribution in [0, 0.1) is 18.3 Å². The van der Waals surface area contributed by atoms with Gasteiger partial charge in [0.1, 0.15) is 5.82 Å². The van der Waals surface area contributed by atoms with Gasteiger partial charge in [-0.1, -0.05) is 6.07 Å². The topological polar surface area (TPSA) is 57.3 Å². The molecule has 1 atom stereocenters. The predicted molar refractivity (Wildman–Crippen MR) is 95.0 cm³/mol. The number of nitrogens with one attached hydrogen (secondary N) is 2. The Bertz CT molecular complexity index is 586. The number of piperidine rings is 2. The Hall–Kier alpha value is -1.62. The van der Waals surface area contributed by atoms with E-state index in [0.29, 0.717) is 17.4 Å². The fourth-order valence-electron chi connectivity index (χ4n) is 4.40. The summed E-state index contributed by atoms with van der Waals surface area (Å²) in [5, 5.41) is 6.73. The monoisotopic (exact) mass is 328 g/mol. The predicted octanol–water partition coefficient (Wildman–Crippen LogP) is 1.86. The third-order valence-corrected chi connectivity index (χ3v) is 6.17. The molecule has 0 radical (unpaired) electrons. The molecule has 0 bridgehead atoms. The summed E-state index contributed by atoms with van der Waals surface area (Å²) in [5.74, 6) is 1.64. The Morgan fingerprint density at radius 3 is 2.71 bits per heavy atom.